The quantitative estimate of drug-likeness (QED) is 0.175. The topological polar surface area (TPSA) is 55.8 Å². The Morgan fingerprint density at radius 1 is 0.742 bits per heavy atom. The van der Waals surface area contributed by atoms with Crippen LogP contribution in [0.25, 0.3) is 0 Å². The second-order valence-corrected chi connectivity index (χ2v) is 10.2. The molecule has 0 aromatic heterocycles. The van der Waals surface area contributed by atoms with Gasteiger partial charge in [0.2, 0.25) is 0 Å². The van der Waals surface area contributed by atoms with Crippen molar-refractivity contribution in [3.63, 3.8) is 0 Å². The Morgan fingerprint density at radius 2 is 1.19 bits per heavy atom. The lowest BCUT2D eigenvalue weighted by molar-refractivity contribution is -0.153. The number of nitrogens with zero attached hydrogens (tertiary/aromatic N) is 1. The van der Waals surface area contributed by atoms with Crippen molar-refractivity contribution in [3.8, 4) is 0 Å². The molecule has 31 heavy (non-hydrogen) atoms. The highest BCUT2D eigenvalue weighted by Crippen LogP contribution is 2.30. The molecule has 0 aromatic carbocycles. The summed E-state index contributed by atoms with van der Waals surface area (Å²) >= 11 is 0. The molecule has 0 amide bonds. The molecule has 0 spiro atoms. The lowest BCUT2D eigenvalue weighted by atomic mass is 9.80. The van der Waals surface area contributed by atoms with Crippen molar-refractivity contribution in [3.05, 3.63) is 0 Å². The van der Waals surface area contributed by atoms with Gasteiger partial charge in [-0.2, -0.15) is 0 Å². The summed E-state index contributed by atoms with van der Waals surface area (Å²) in [6.07, 6.45) is 10.9. The first-order valence-corrected chi connectivity index (χ1v) is 12.6. The zero-order valence-corrected chi connectivity index (χ0v) is 21.6. The van der Waals surface area contributed by atoms with Gasteiger partial charge in [-0.05, 0) is 51.7 Å². The van der Waals surface area contributed by atoms with Gasteiger partial charge in [-0.1, -0.05) is 73.1 Å². The number of carbonyl (C=O) groups is 2. The van der Waals surface area contributed by atoms with Gasteiger partial charge in [-0.15, -0.1) is 0 Å². The van der Waals surface area contributed by atoms with Crippen LogP contribution in [0.2, 0.25) is 0 Å². The Hall–Kier alpha value is -1.10. The summed E-state index contributed by atoms with van der Waals surface area (Å²) in [5, 5.41) is 0. The van der Waals surface area contributed by atoms with E-state index in [1.165, 1.54) is 32.1 Å². The van der Waals surface area contributed by atoms with Gasteiger partial charge in [0.1, 0.15) is 0 Å². The number of ether oxygens (including phenoxy) is 2. The minimum absolute atomic E-state index is 0.129. The summed E-state index contributed by atoms with van der Waals surface area (Å²) in [4.78, 5) is 26.4. The normalized spacial score (nSPS) is 12.9. The van der Waals surface area contributed by atoms with Gasteiger partial charge in [-0.3, -0.25) is 9.59 Å². The van der Waals surface area contributed by atoms with Crippen LogP contribution in [-0.4, -0.2) is 50.7 Å². The molecule has 0 N–H and O–H groups in total. The summed E-state index contributed by atoms with van der Waals surface area (Å²) in [7, 11) is 4.06. The number of carbonyl (C=O) groups excluding carboxylic acids is 2. The predicted octanol–water partition coefficient (Wildman–Crippen LogP) is 6.24. The molecule has 0 aliphatic heterocycles. The largest absolute Gasteiger partial charge is 0.465 e. The van der Waals surface area contributed by atoms with E-state index in [1.807, 2.05) is 27.9 Å². The zero-order valence-electron chi connectivity index (χ0n) is 21.6. The molecule has 0 bridgehead atoms. The SMILES string of the molecule is CCCC(CCC)C(CCC)CCC(=O)OCC(C)(C)COC(=O)CCCCN(C)C. The molecule has 0 aliphatic rings. The van der Waals surface area contributed by atoms with Crippen LogP contribution in [0.5, 0.6) is 0 Å². The van der Waals surface area contributed by atoms with Gasteiger partial charge in [-0.25, -0.2) is 0 Å². The van der Waals surface area contributed by atoms with Gasteiger partial charge >= 0.3 is 11.9 Å². The first kappa shape index (κ1) is 29.9. The highest BCUT2D eigenvalue weighted by atomic mass is 16.5. The fourth-order valence-corrected chi connectivity index (χ4v) is 4.08. The number of esters is 2. The van der Waals surface area contributed by atoms with E-state index in [0.717, 1.165) is 38.1 Å². The molecule has 5 nitrogen and oxygen atoms in total. The van der Waals surface area contributed by atoms with Crippen LogP contribution < -0.4 is 0 Å². The minimum atomic E-state index is -0.370. The molecular formula is C26H51NO4. The van der Waals surface area contributed by atoms with Crippen molar-refractivity contribution >= 4 is 11.9 Å². The maximum atomic E-state index is 12.4. The predicted molar refractivity (Wildman–Crippen MR) is 129 cm³/mol. The van der Waals surface area contributed by atoms with Gasteiger partial charge < -0.3 is 14.4 Å². The summed E-state index contributed by atoms with van der Waals surface area (Å²) in [6.45, 7) is 12.2. The molecule has 0 saturated heterocycles. The summed E-state index contributed by atoms with van der Waals surface area (Å²) < 4.78 is 11.0. The molecule has 0 fully saturated rings. The number of rotatable bonds is 19. The first-order valence-electron chi connectivity index (χ1n) is 12.6. The third kappa shape index (κ3) is 16.2. The Kier molecular flexibility index (Phi) is 16.8. The number of hydrogen-bond acceptors (Lipinski definition) is 5. The zero-order chi connectivity index (χ0) is 23.7. The second-order valence-electron chi connectivity index (χ2n) is 10.2. The van der Waals surface area contributed by atoms with E-state index in [2.05, 4.69) is 25.7 Å². The molecule has 5 heteroatoms. The highest BCUT2D eigenvalue weighted by Gasteiger charge is 2.24. The average Bonchev–Trinajstić information content (AvgIpc) is 2.71. The Morgan fingerprint density at radius 3 is 1.65 bits per heavy atom. The van der Waals surface area contributed by atoms with E-state index in [9.17, 15) is 9.59 Å². The van der Waals surface area contributed by atoms with Crippen LogP contribution in [0.4, 0.5) is 0 Å². The molecule has 0 rings (SSSR count). The molecular weight excluding hydrogens is 390 g/mol. The average molecular weight is 442 g/mol. The lowest BCUT2D eigenvalue weighted by Crippen LogP contribution is -2.29. The van der Waals surface area contributed by atoms with Crippen LogP contribution in [0, 0.1) is 17.3 Å². The monoisotopic (exact) mass is 441 g/mol. The van der Waals surface area contributed by atoms with Crippen molar-refractivity contribution in [2.45, 2.75) is 105 Å². The van der Waals surface area contributed by atoms with Crippen molar-refractivity contribution in [1.82, 2.24) is 4.90 Å². The van der Waals surface area contributed by atoms with Crippen molar-refractivity contribution in [2.24, 2.45) is 17.3 Å². The Balaban J connectivity index is 4.29. The standard InChI is InChI=1S/C26H51NO4/c1-8-13-22(14-9-2)23(15-10-3)17-18-25(29)31-21-26(4,5)20-30-24(28)16-11-12-19-27(6)7/h22-23H,8-21H2,1-7H3. The van der Waals surface area contributed by atoms with E-state index < -0.39 is 0 Å². The smallest absolute Gasteiger partial charge is 0.305 e. The summed E-state index contributed by atoms with van der Waals surface area (Å²) in [6, 6.07) is 0. The van der Waals surface area contributed by atoms with Crippen LogP contribution in [-0.2, 0) is 19.1 Å². The van der Waals surface area contributed by atoms with E-state index in [0.29, 0.717) is 18.8 Å². The van der Waals surface area contributed by atoms with Crippen molar-refractivity contribution < 1.29 is 19.1 Å². The van der Waals surface area contributed by atoms with Crippen molar-refractivity contribution in [2.75, 3.05) is 33.9 Å². The maximum Gasteiger partial charge on any atom is 0.305 e. The lowest BCUT2D eigenvalue weighted by Gasteiger charge is -2.27. The molecule has 0 saturated carbocycles. The third-order valence-electron chi connectivity index (χ3n) is 5.85. The maximum absolute atomic E-state index is 12.4. The fraction of sp³-hybridized carbons (Fsp3) is 0.923. The van der Waals surface area contributed by atoms with Crippen LogP contribution in [0.3, 0.4) is 0 Å². The van der Waals surface area contributed by atoms with E-state index >= 15 is 0 Å². The van der Waals surface area contributed by atoms with Crippen LogP contribution in [0.1, 0.15) is 105 Å². The Labute approximate surface area is 192 Å². The highest BCUT2D eigenvalue weighted by molar-refractivity contribution is 5.69. The van der Waals surface area contributed by atoms with Gasteiger partial charge in [0.25, 0.3) is 0 Å². The van der Waals surface area contributed by atoms with Crippen LogP contribution in [0.15, 0.2) is 0 Å². The van der Waals surface area contributed by atoms with Crippen LogP contribution >= 0.6 is 0 Å². The first-order chi connectivity index (χ1) is 14.6. The molecule has 0 heterocycles. The Bertz CT molecular complexity index is 470. The summed E-state index contributed by atoms with van der Waals surface area (Å²) in [5.41, 5.74) is -0.370. The number of hydrogen-bond donors (Lipinski definition) is 0. The fourth-order valence-electron chi connectivity index (χ4n) is 4.08. The minimum Gasteiger partial charge on any atom is -0.465 e. The van der Waals surface area contributed by atoms with Gasteiger partial charge in [0.05, 0.1) is 13.2 Å². The molecule has 0 aromatic rings. The van der Waals surface area contributed by atoms with Gasteiger partial charge in [0, 0.05) is 18.3 Å². The number of unbranched alkanes of at least 4 members (excludes halogenated alkanes) is 1. The second kappa shape index (κ2) is 17.5. The van der Waals surface area contributed by atoms with Gasteiger partial charge in [0.15, 0.2) is 0 Å². The third-order valence-corrected chi connectivity index (χ3v) is 5.85. The van der Waals surface area contributed by atoms with E-state index in [-0.39, 0.29) is 30.6 Å². The molecule has 0 aliphatic carbocycles. The molecule has 0 radical (unpaired) electrons. The van der Waals surface area contributed by atoms with E-state index in [1.54, 1.807) is 0 Å². The van der Waals surface area contributed by atoms with Crippen molar-refractivity contribution in [1.29, 1.82) is 0 Å². The molecule has 184 valence electrons. The molecule has 1 atom stereocenters. The summed E-state index contributed by atoms with van der Waals surface area (Å²) in [5.74, 6) is 1.03. The van der Waals surface area contributed by atoms with E-state index in [4.69, 9.17) is 9.47 Å². The molecule has 1 unspecified atom stereocenters.